The Kier molecular flexibility index (Phi) is 4.35. The van der Waals surface area contributed by atoms with Gasteiger partial charge in [-0.15, -0.1) is 0 Å². The summed E-state index contributed by atoms with van der Waals surface area (Å²) < 4.78 is 14.3. The molecule has 5 heteroatoms. The number of halogens is 3. The van der Waals surface area contributed by atoms with Gasteiger partial charge in [-0.1, -0.05) is 38.4 Å². The van der Waals surface area contributed by atoms with Gasteiger partial charge >= 0.3 is 0 Å². The SMILES string of the molecule is Cc1ccc(F)cc1-c1nc(Cl)c(I)c(C(C)(C)C)n1. The van der Waals surface area contributed by atoms with Crippen LogP contribution in [0.5, 0.6) is 0 Å². The first-order valence-electron chi connectivity index (χ1n) is 6.20. The fourth-order valence-corrected chi connectivity index (χ4v) is 3.09. The molecule has 0 saturated heterocycles. The van der Waals surface area contributed by atoms with Crippen LogP contribution in [-0.4, -0.2) is 9.97 Å². The fraction of sp³-hybridized carbons (Fsp3) is 0.333. The zero-order valence-corrected chi connectivity index (χ0v) is 14.7. The second-order valence-electron chi connectivity index (χ2n) is 5.71. The second kappa shape index (κ2) is 5.56. The third-order valence-corrected chi connectivity index (χ3v) is 4.58. The highest BCUT2D eigenvalue weighted by Gasteiger charge is 2.23. The standard InChI is InChI=1S/C15H15ClFIN2/c1-8-5-6-9(17)7-10(8)14-19-12(15(2,3)4)11(18)13(16)20-14/h5-7H,1-4H3. The number of aromatic nitrogens is 2. The largest absolute Gasteiger partial charge is 0.231 e. The Balaban J connectivity index is 2.70. The lowest BCUT2D eigenvalue weighted by Gasteiger charge is -2.21. The van der Waals surface area contributed by atoms with Crippen LogP contribution in [0.25, 0.3) is 11.4 Å². The number of hydrogen-bond acceptors (Lipinski definition) is 2. The van der Waals surface area contributed by atoms with Crippen molar-refractivity contribution in [1.82, 2.24) is 9.97 Å². The van der Waals surface area contributed by atoms with Crippen LogP contribution in [0.3, 0.4) is 0 Å². The quantitative estimate of drug-likeness (QED) is 0.485. The topological polar surface area (TPSA) is 25.8 Å². The molecule has 0 fully saturated rings. The smallest absolute Gasteiger partial charge is 0.161 e. The number of nitrogens with zero attached hydrogens (tertiary/aromatic N) is 2. The summed E-state index contributed by atoms with van der Waals surface area (Å²) in [5.74, 6) is 0.165. The van der Waals surface area contributed by atoms with E-state index in [4.69, 9.17) is 11.6 Å². The third kappa shape index (κ3) is 3.11. The molecule has 1 aromatic heterocycles. The summed E-state index contributed by atoms with van der Waals surface area (Å²) in [4.78, 5) is 8.91. The molecule has 2 rings (SSSR count). The van der Waals surface area contributed by atoms with Crippen molar-refractivity contribution < 1.29 is 4.39 Å². The van der Waals surface area contributed by atoms with Crippen molar-refractivity contribution in [2.75, 3.05) is 0 Å². The van der Waals surface area contributed by atoms with E-state index in [9.17, 15) is 4.39 Å². The Morgan fingerprint density at radius 1 is 1.20 bits per heavy atom. The van der Waals surface area contributed by atoms with Crippen LogP contribution in [0.4, 0.5) is 4.39 Å². The van der Waals surface area contributed by atoms with Gasteiger partial charge in [0.15, 0.2) is 5.82 Å². The molecule has 0 aliphatic heterocycles. The third-order valence-electron chi connectivity index (χ3n) is 2.96. The summed E-state index contributed by atoms with van der Waals surface area (Å²) >= 11 is 8.37. The predicted octanol–water partition coefficient (Wildman–Crippen LogP) is 5.15. The second-order valence-corrected chi connectivity index (χ2v) is 7.15. The first-order valence-corrected chi connectivity index (χ1v) is 7.66. The van der Waals surface area contributed by atoms with E-state index in [2.05, 4.69) is 53.3 Å². The average Bonchev–Trinajstić information content (AvgIpc) is 2.34. The Morgan fingerprint density at radius 2 is 1.85 bits per heavy atom. The molecule has 20 heavy (non-hydrogen) atoms. The molecule has 0 radical (unpaired) electrons. The van der Waals surface area contributed by atoms with Gasteiger partial charge in [0, 0.05) is 11.0 Å². The van der Waals surface area contributed by atoms with Gasteiger partial charge in [-0.3, -0.25) is 0 Å². The van der Waals surface area contributed by atoms with E-state index in [-0.39, 0.29) is 11.2 Å². The molecule has 0 aliphatic carbocycles. The van der Waals surface area contributed by atoms with Crippen molar-refractivity contribution in [3.05, 3.63) is 44.0 Å². The molecule has 1 heterocycles. The van der Waals surface area contributed by atoms with Crippen molar-refractivity contribution in [1.29, 1.82) is 0 Å². The van der Waals surface area contributed by atoms with Crippen molar-refractivity contribution >= 4 is 34.2 Å². The van der Waals surface area contributed by atoms with Gasteiger partial charge in [-0.05, 0) is 47.2 Å². The maximum atomic E-state index is 13.5. The lowest BCUT2D eigenvalue weighted by atomic mass is 9.92. The minimum absolute atomic E-state index is 0.154. The van der Waals surface area contributed by atoms with E-state index >= 15 is 0 Å². The minimum atomic E-state index is -0.304. The average molecular weight is 405 g/mol. The van der Waals surface area contributed by atoms with Crippen LogP contribution in [0.15, 0.2) is 18.2 Å². The summed E-state index contributed by atoms with van der Waals surface area (Å²) in [6.45, 7) is 8.10. The highest BCUT2D eigenvalue weighted by Crippen LogP contribution is 2.32. The number of hydrogen-bond donors (Lipinski definition) is 0. The maximum absolute atomic E-state index is 13.5. The summed E-state index contributed by atoms with van der Waals surface area (Å²) in [6.07, 6.45) is 0. The Labute approximate surface area is 136 Å². The summed E-state index contributed by atoms with van der Waals surface area (Å²) in [5, 5.41) is 0.407. The number of benzene rings is 1. The van der Waals surface area contributed by atoms with Gasteiger partial charge in [-0.25, -0.2) is 14.4 Å². The predicted molar refractivity (Wildman–Crippen MR) is 88.6 cm³/mol. The van der Waals surface area contributed by atoms with Gasteiger partial charge in [-0.2, -0.15) is 0 Å². The lowest BCUT2D eigenvalue weighted by Crippen LogP contribution is -2.17. The van der Waals surface area contributed by atoms with Crippen LogP contribution in [0.1, 0.15) is 32.0 Å². The molecule has 2 aromatic rings. The van der Waals surface area contributed by atoms with E-state index in [0.717, 1.165) is 14.8 Å². The van der Waals surface area contributed by atoms with Crippen LogP contribution in [0.2, 0.25) is 5.15 Å². The van der Waals surface area contributed by atoms with Crippen LogP contribution >= 0.6 is 34.2 Å². The van der Waals surface area contributed by atoms with Crippen molar-refractivity contribution in [3.63, 3.8) is 0 Å². The molecule has 0 bridgehead atoms. The van der Waals surface area contributed by atoms with Crippen molar-refractivity contribution in [2.24, 2.45) is 0 Å². The zero-order chi connectivity index (χ0) is 15.1. The highest BCUT2D eigenvalue weighted by atomic mass is 127. The molecule has 2 nitrogen and oxygen atoms in total. The Bertz CT molecular complexity index is 666. The molecule has 0 spiro atoms. The molecule has 0 aliphatic rings. The molecule has 0 N–H and O–H groups in total. The molecular weight excluding hydrogens is 390 g/mol. The highest BCUT2D eigenvalue weighted by molar-refractivity contribution is 14.1. The van der Waals surface area contributed by atoms with Gasteiger partial charge in [0.1, 0.15) is 11.0 Å². The van der Waals surface area contributed by atoms with E-state index in [1.807, 2.05) is 6.92 Å². The van der Waals surface area contributed by atoms with Crippen LogP contribution in [0, 0.1) is 16.3 Å². The molecular formula is C15H15ClFIN2. The van der Waals surface area contributed by atoms with Crippen LogP contribution < -0.4 is 0 Å². The Hall–Kier alpha value is -0.750. The number of aryl methyl sites for hydroxylation is 1. The molecule has 0 amide bonds. The first-order chi connectivity index (χ1) is 9.20. The van der Waals surface area contributed by atoms with Crippen LogP contribution in [-0.2, 0) is 5.41 Å². The molecule has 106 valence electrons. The minimum Gasteiger partial charge on any atom is -0.231 e. The number of rotatable bonds is 1. The van der Waals surface area contributed by atoms with Gasteiger partial charge in [0.2, 0.25) is 0 Å². The first kappa shape index (κ1) is 15.6. The summed E-state index contributed by atoms with van der Waals surface area (Å²) in [5.41, 5.74) is 2.31. The monoisotopic (exact) mass is 404 g/mol. The zero-order valence-electron chi connectivity index (χ0n) is 11.8. The van der Waals surface area contributed by atoms with E-state index in [1.54, 1.807) is 6.07 Å². The maximum Gasteiger partial charge on any atom is 0.161 e. The molecule has 1 aromatic carbocycles. The van der Waals surface area contributed by atoms with Gasteiger partial charge in [0.25, 0.3) is 0 Å². The van der Waals surface area contributed by atoms with E-state index < -0.39 is 0 Å². The van der Waals surface area contributed by atoms with Crippen molar-refractivity contribution in [2.45, 2.75) is 33.1 Å². The van der Waals surface area contributed by atoms with E-state index in [0.29, 0.717) is 16.5 Å². The molecule has 0 saturated carbocycles. The summed E-state index contributed by atoms with van der Waals surface area (Å²) in [6, 6.07) is 4.59. The summed E-state index contributed by atoms with van der Waals surface area (Å²) in [7, 11) is 0. The van der Waals surface area contributed by atoms with E-state index in [1.165, 1.54) is 12.1 Å². The molecule has 0 atom stereocenters. The normalized spacial score (nSPS) is 11.8. The van der Waals surface area contributed by atoms with Crippen molar-refractivity contribution in [3.8, 4) is 11.4 Å². The van der Waals surface area contributed by atoms with Gasteiger partial charge < -0.3 is 0 Å². The van der Waals surface area contributed by atoms with Gasteiger partial charge in [0.05, 0.1) is 9.26 Å². The Morgan fingerprint density at radius 3 is 2.45 bits per heavy atom. The molecule has 0 unspecified atom stereocenters. The lowest BCUT2D eigenvalue weighted by molar-refractivity contribution is 0.563. The fourth-order valence-electron chi connectivity index (χ4n) is 1.87.